The maximum Gasteiger partial charge on any atom is 0.301 e. The van der Waals surface area contributed by atoms with Gasteiger partial charge in [0.05, 0.1) is 36.6 Å². The van der Waals surface area contributed by atoms with Crippen molar-refractivity contribution < 1.29 is 28.9 Å². The number of ether oxygens (including phenoxy) is 3. The van der Waals surface area contributed by atoms with E-state index in [-0.39, 0.29) is 11.3 Å². The lowest BCUT2D eigenvalue weighted by atomic mass is 9.94. The van der Waals surface area contributed by atoms with Crippen LogP contribution < -0.4 is 19.1 Å². The second kappa shape index (κ2) is 10.2. The molecule has 194 valence electrons. The highest BCUT2D eigenvalue weighted by Crippen LogP contribution is 2.48. The zero-order valence-corrected chi connectivity index (χ0v) is 22.2. The van der Waals surface area contributed by atoms with Crippen LogP contribution in [0.25, 0.3) is 16.0 Å². The molecule has 0 aliphatic carbocycles. The lowest BCUT2D eigenvalue weighted by molar-refractivity contribution is -0.132. The number of thiazole rings is 1. The van der Waals surface area contributed by atoms with Gasteiger partial charge in [0.25, 0.3) is 5.78 Å². The first kappa shape index (κ1) is 25.3. The SMILES string of the molecule is CCOc1ccc2nc(N3C(=O)C(=O)/C(=C(/O)c4ccc(C)cc4)C3c3cccc(OC)c3OC)sc2c1. The highest BCUT2D eigenvalue weighted by molar-refractivity contribution is 7.22. The first-order chi connectivity index (χ1) is 18.4. The third-order valence-electron chi connectivity index (χ3n) is 6.36. The number of rotatable bonds is 7. The summed E-state index contributed by atoms with van der Waals surface area (Å²) in [6, 6.07) is 16.8. The van der Waals surface area contributed by atoms with Gasteiger partial charge in [0.1, 0.15) is 17.6 Å². The highest BCUT2D eigenvalue weighted by atomic mass is 32.1. The van der Waals surface area contributed by atoms with Gasteiger partial charge in [-0.05, 0) is 38.1 Å². The van der Waals surface area contributed by atoms with Crippen LogP contribution >= 0.6 is 11.3 Å². The van der Waals surface area contributed by atoms with E-state index in [0.717, 1.165) is 10.3 Å². The molecule has 1 atom stereocenters. The Balaban J connectivity index is 1.75. The number of benzene rings is 3. The average molecular weight is 531 g/mol. The maximum absolute atomic E-state index is 13.6. The van der Waals surface area contributed by atoms with Gasteiger partial charge in [0.2, 0.25) is 0 Å². The average Bonchev–Trinajstić information content (AvgIpc) is 3.45. The minimum Gasteiger partial charge on any atom is -0.507 e. The summed E-state index contributed by atoms with van der Waals surface area (Å²) in [5.41, 5.74) is 2.50. The number of carbonyl (C=O) groups is 2. The van der Waals surface area contributed by atoms with Crippen LogP contribution in [-0.4, -0.2) is 42.6 Å². The van der Waals surface area contributed by atoms with E-state index < -0.39 is 17.7 Å². The molecule has 1 aliphatic rings. The van der Waals surface area contributed by atoms with E-state index in [0.29, 0.717) is 45.6 Å². The zero-order valence-electron chi connectivity index (χ0n) is 21.3. The van der Waals surface area contributed by atoms with Crippen LogP contribution in [0.2, 0.25) is 0 Å². The van der Waals surface area contributed by atoms with Crippen molar-refractivity contribution in [3.05, 3.63) is 82.9 Å². The van der Waals surface area contributed by atoms with Gasteiger partial charge in [-0.1, -0.05) is 53.3 Å². The molecular formula is C29H26N2O6S. The molecule has 0 radical (unpaired) electrons. The molecule has 1 aliphatic heterocycles. The molecule has 1 unspecified atom stereocenters. The zero-order chi connectivity index (χ0) is 27.0. The number of fused-ring (bicyclic) bond motifs is 1. The number of ketones is 1. The fraction of sp³-hybridized carbons (Fsp3) is 0.207. The fourth-order valence-electron chi connectivity index (χ4n) is 4.57. The molecule has 1 fully saturated rings. The predicted octanol–water partition coefficient (Wildman–Crippen LogP) is 5.65. The number of aryl methyl sites for hydroxylation is 1. The summed E-state index contributed by atoms with van der Waals surface area (Å²) in [6.07, 6.45) is 0. The molecular weight excluding hydrogens is 504 g/mol. The second-order valence-corrected chi connectivity index (χ2v) is 9.69. The summed E-state index contributed by atoms with van der Waals surface area (Å²) in [6.45, 7) is 4.34. The van der Waals surface area contributed by atoms with Crippen molar-refractivity contribution in [1.29, 1.82) is 0 Å². The molecule has 0 saturated carbocycles. The van der Waals surface area contributed by atoms with Gasteiger partial charge < -0.3 is 19.3 Å². The van der Waals surface area contributed by atoms with Crippen molar-refractivity contribution in [2.75, 3.05) is 25.7 Å². The van der Waals surface area contributed by atoms with Gasteiger partial charge in [-0.25, -0.2) is 4.98 Å². The summed E-state index contributed by atoms with van der Waals surface area (Å²) in [7, 11) is 2.99. The van der Waals surface area contributed by atoms with Crippen LogP contribution in [-0.2, 0) is 9.59 Å². The Hall–Kier alpha value is -4.37. The molecule has 1 amide bonds. The highest BCUT2D eigenvalue weighted by Gasteiger charge is 2.49. The minimum atomic E-state index is -1.01. The largest absolute Gasteiger partial charge is 0.507 e. The van der Waals surface area contributed by atoms with Crippen LogP contribution in [0.4, 0.5) is 5.13 Å². The number of anilines is 1. The number of aromatic nitrogens is 1. The van der Waals surface area contributed by atoms with Crippen LogP contribution in [0.5, 0.6) is 17.2 Å². The third kappa shape index (κ3) is 4.24. The maximum atomic E-state index is 13.6. The van der Waals surface area contributed by atoms with Crippen LogP contribution in [0.1, 0.15) is 29.7 Å². The van der Waals surface area contributed by atoms with E-state index in [2.05, 4.69) is 4.98 Å². The minimum absolute atomic E-state index is 0.0559. The number of methoxy groups -OCH3 is 2. The quantitative estimate of drug-likeness (QED) is 0.187. The third-order valence-corrected chi connectivity index (χ3v) is 7.38. The van der Waals surface area contributed by atoms with E-state index in [1.165, 1.54) is 30.5 Å². The Morgan fingerprint density at radius 3 is 2.50 bits per heavy atom. The molecule has 0 bridgehead atoms. The van der Waals surface area contributed by atoms with Gasteiger partial charge in [-0.15, -0.1) is 0 Å². The standard InChI is InChI=1S/C29H26N2O6S/c1-5-37-18-13-14-20-22(15-18)38-29(30-20)31-24(19-7-6-8-21(35-3)27(19)36-4)23(26(33)28(31)34)25(32)17-11-9-16(2)10-12-17/h6-15,24,32H,5H2,1-4H3/b25-23+. The smallest absolute Gasteiger partial charge is 0.301 e. The van der Waals surface area contributed by atoms with Crippen molar-refractivity contribution in [3.8, 4) is 17.2 Å². The molecule has 1 aromatic heterocycles. The van der Waals surface area contributed by atoms with Gasteiger partial charge in [-0.3, -0.25) is 14.5 Å². The first-order valence-electron chi connectivity index (χ1n) is 12.0. The van der Waals surface area contributed by atoms with Crippen molar-refractivity contribution in [3.63, 3.8) is 0 Å². The van der Waals surface area contributed by atoms with Gasteiger partial charge >= 0.3 is 5.91 Å². The van der Waals surface area contributed by atoms with Crippen LogP contribution in [0.3, 0.4) is 0 Å². The molecule has 3 aromatic carbocycles. The Bertz CT molecular complexity index is 1570. The molecule has 9 heteroatoms. The Morgan fingerprint density at radius 2 is 1.82 bits per heavy atom. The molecule has 8 nitrogen and oxygen atoms in total. The fourth-order valence-corrected chi connectivity index (χ4v) is 5.59. The van der Waals surface area contributed by atoms with E-state index in [9.17, 15) is 14.7 Å². The topological polar surface area (TPSA) is 98.2 Å². The number of carbonyl (C=O) groups excluding carboxylic acids is 2. The first-order valence-corrected chi connectivity index (χ1v) is 12.8. The van der Waals surface area contributed by atoms with E-state index in [4.69, 9.17) is 14.2 Å². The number of nitrogens with zero attached hydrogens (tertiary/aromatic N) is 2. The number of para-hydroxylation sites is 1. The van der Waals surface area contributed by atoms with E-state index in [1.54, 1.807) is 30.3 Å². The normalized spacial score (nSPS) is 16.7. The molecule has 4 aromatic rings. The summed E-state index contributed by atoms with van der Waals surface area (Å²) in [5, 5.41) is 11.7. The van der Waals surface area contributed by atoms with Crippen molar-refractivity contribution >= 4 is 44.1 Å². The molecule has 38 heavy (non-hydrogen) atoms. The lowest BCUT2D eigenvalue weighted by Gasteiger charge is -2.25. The number of aliphatic hydroxyl groups excluding tert-OH is 1. The van der Waals surface area contributed by atoms with Crippen molar-refractivity contribution in [2.45, 2.75) is 19.9 Å². The number of Topliss-reactive ketones (excluding diaryl/α,β-unsaturated/α-hetero) is 1. The lowest BCUT2D eigenvalue weighted by Crippen LogP contribution is -2.29. The second-order valence-electron chi connectivity index (χ2n) is 8.68. The summed E-state index contributed by atoms with van der Waals surface area (Å²) in [5.74, 6) is -0.425. The molecule has 5 rings (SSSR count). The Labute approximate surface area is 223 Å². The van der Waals surface area contributed by atoms with Gasteiger partial charge in [-0.2, -0.15) is 0 Å². The Morgan fingerprint density at radius 1 is 1.05 bits per heavy atom. The van der Waals surface area contributed by atoms with Crippen LogP contribution in [0, 0.1) is 6.92 Å². The van der Waals surface area contributed by atoms with E-state index >= 15 is 0 Å². The predicted molar refractivity (Wildman–Crippen MR) is 146 cm³/mol. The number of hydrogen-bond donors (Lipinski definition) is 1. The van der Waals surface area contributed by atoms with Crippen LogP contribution in [0.15, 0.2) is 66.2 Å². The number of aliphatic hydroxyl groups is 1. The molecule has 1 N–H and O–H groups in total. The van der Waals surface area contributed by atoms with Gasteiger partial charge in [0.15, 0.2) is 16.6 Å². The van der Waals surface area contributed by atoms with Crippen molar-refractivity contribution in [2.24, 2.45) is 0 Å². The Kier molecular flexibility index (Phi) is 6.77. The monoisotopic (exact) mass is 530 g/mol. The summed E-state index contributed by atoms with van der Waals surface area (Å²) in [4.78, 5) is 33.1. The summed E-state index contributed by atoms with van der Waals surface area (Å²) >= 11 is 1.26. The molecule has 1 saturated heterocycles. The number of amides is 1. The molecule has 2 heterocycles. The number of hydrogen-bond acceptors (Lipinski definition) is 8. The van der Waals surface area contributed by atoms with Gasteiger partial charge in [0, 0.05) is 11.1 Å². The molecule has 0 spiro atoms. The van der Waals surface area contributed by atoms with E-state index in [1.807, 2.05) is 44.2 Å². The van der Waals surface area contributed by atoms with Crippen molar-refractivity contribution in [1.82, 2.24) is 4.98 Å². The summed E-state index contributed by atoms with van der Waals surface area (Å²) < 4.78 is 17.6.